The van der Waals surface area contributed by atoms with Crippen LogP contribution < -0.4 is 15.5 Å². The van der Waals surface area contributed by atoms with Crippen LogP contribution in [0, 0.1) is 12.7 Å². The van der Waals surface area contributed by atoms with Crippen molar-refractivity contribution in [2.75, 3.05) is 11.4 Å². The average molecular weight is 494 g/mol. The molecule has 0 radical (unpaired) electrons. The third-order valence-electron chi connectivity index (χ3n) is 6.12. The molecule has 0 spiro atoms. The summed E-state index contributed by atoms with van der Waals surface area (Å²) in [6.07, 6.45) is 3.90. The molecule has 2 aromatic carbocycles. The summed E-state index contributed by atoms with van der Waals surface area (Å²) in [5.74, 6) is -1.60. The van der Waals surface area contributed by atoms with Gasteiger partial charge in [-0.25, -0.2) is 4.39 Å². The predicted octanol–water partition coefficient (Wildman–Crippen LogP) is 4.76. The van der Waals surface area contributed by atoms with Crippen molar-refractivity contribution in [3.63, 3.8) is 0 Å². The Morgan fingerprint density at radius 3 is 2.34 bits per heavy atom. The van der Waals surface area contributed by atoms with Crippen molar-refractivity contribution in [3.05, 3.63) is 87.9 Å². The lowest BCUT2D eigenvalue weighted by atomic mass is 10.0. The van der Waals surface area contributed by atoms with Crippen LogP contribution >= 0.6 is 11.3 Å². The maximum Gasteiger partial charge on any atom is 0.261 e. The molecule has 6 nitrogen and oxygen atoms in total. The molecule has 3 amide bonds. The second-order valence-electron chi connectivity index (χ2n) is 8.70. The molecule has 1 aromatic heterocycles. The summed E-state index contributed by atoms with van der Waals surface area (Å²) in [5, 5.41) is 7.53. The van der Waals surface area contributed by atoms with Crippen LogP contribution in [0.15, 0.2) is 66.0 Å². The Bertz CT molecular complexity index is 1160. The summed E-state index contributed by atoms with van der Waals surface area (Å²) in [4.78, 5) is 41.5. The van der Waals surface area contributed by atoms with Crippen molar-refractivity contribution in [1.29, 1.82) is 0 Å². The molecule has 2 N–H and O–H groups in total. The zero-order valence-electron chi connectivity index (χ0n) is 19.5. The fourth-order valence-corrected chi connectivity index (χ4v) is 4.93. The third kappa shape index (κ3) is 6.14. The molecule has 0 saturated heterocycles. The van der Waals surface area contributed by atoms with Gasteiger partial charge in [0.15, 0.2) is 0 Å². The number of nitrogens with one attached hydrogen (secondary N) is 2. The van der Waals surface area contributed by atoms with Gasteiger partial charge in [0.2, 0.25) is 11.8 Å². The topological polar surface area (TPSA) is 78.5 Å². The number of carbonyl (C=O) groups is 3. The zero-order chi connectivity index (χ0) is 24.8. The number of thiophene rings is 1. The molecule has 1 unspecified atom stereocenters. The maximum atomic E-state index is 13.7. The number of amides is 3. The van der Waals surface area contributed by atoms with Crippen LogP contribution in [0.25, 0.3) is 0 Å². The number of anilines is 1. The lowest BCUT2D eigenvalue weighted by Gasteiger charge is -2.32. The Morgan fingerprint density at radius 2 is 1.71 bits per heavy atom. The average Bonchev–Trinajstić information content (AvgIpc) is 3.57. The van der Waals surface area contributed by atoms with Gasteiger partial charge in [0.1, 0.15) is 11.9 Å². The first kappa shape index (κ1) is 24.6. The second kappa shape index (κ2) is 11.3. The second-order valence-corrected chi connectivity index (χ2v) is 9.65. The zero-order valence-corrected chi connectivity index (χ0v) is 20.3. The Balaban J connectivity index is 1.67. The molecular weight excluding hydrogens is 465 g/mol. The summed E-state index contributed by atoms with van der Waals surface area (Å²) in [6, 6.07) is 15.4. The number of benzene rings is 2. The van der Waals surface area contributed by atoms with E-state index in [0.29, 0.717) is 16.1 Å². The Hall–Kier alpha value is -3.52. The van der Waals surface area contributed by atoms with Gasteiger partial charge in [-0.2, -0.15) is 0 Å². The fourth-order valence-electron chi connectivity index (χ4n) is 4.29. The third-order valence-corrected chi connectivity index (χ3v) is 6.99. The molecule has 1 fully saturated rings. The molecule has 182 valence electrons. The molecule has 3 aromatic rings. The quantitative estimate of drug-likeness (QED) is 0.475. The summed E-state index contributed by atoms with van der Waals surface area (Å²) in [7, 11) is 0. The van der Waals surface area contributed by atoms with E-state index in [0.717, 1.165) is 31.2 Å². The molecule has 1 aliphatic rings. The van der Waals surface area contributed by atoms with Gasteiger partial charge in [0, 0.05) is 11.7 Å². The Kier molecular flexibility index (Phi) is 7.92. The smallest absolute Gasteiger partial charge is 0.261 e. The van der Waals surface area contributed by atoms with Gasteiger partial charge in [-0.05, 0) is 61.0 Å². The van der Waals surface area contributed by atoms with E-state index in [2.05, 4.69) is 10.6 Å². The van der Waals surface area contributed by atoms with Crippen LogP contribution in [-0.2, 0) is 9.59 Å². The largest absolute Gasteiger partial charge is 0.351 e. The Labute approximate surface area is 208 Å². The van der Waals surface area contributed by atoms with Gasteiger partial charge in [-0.3, -0.25) is 19.3 Å². The maximum absolute atomic E-state index is 13.7. The van der Waals surface area contributed by atoms with Crippen LogP contribution in [0.1, 0.15) is 52.5 Å². The lowest BCUT2D eigenvalue weighted by Crippen LogP contribution is -2.49. The molecule has 8 heteroatoms. The highest BCUT2D eigenvalue weighted by atomic mass is 32.1. The normalized spacial score (nSPS) is 14.3. The highest BCUT2D eigenvalue weighted by molar-refractivity contribution is 7.12. The van der Waals surface area contributed by atoms with E-state index in [1.807, 2.05) is 31.2 Å². The first-order valence-electron chi connectivity index (χ1n) is 11.7. The van der Waals surface area contributed by atoms with Crippen LogP contribution in [0.5, 0.6) is 0 Å². The highest BCUT2D eigenvalue weighted by Crippen LogP contribution is 2.30. The minimum atomic E-state index is -0.979. The van der Waals surface area contributed by atoms with E-state index in [9.17, 15) is 18.8 Å². The molecular formula is C27H28FN3O3S. The van der Waals surface area contributed by atoms with Gasteiger partial charge in [0.05, 0.1) is 11.4 Å². The van der Waals surface area contributed by atoms with Crippen LogP contribution in [0.2, 0.25) is 0 Å². The number of hydrogen-bond acceptors (Lipinski definition) is 4. The van der Waals surface area contributed by atoms with Crippen molar-refractivity contribution in [2.45, 2.75) is 44.7 Å². The van der Waals surface area contributed by atoms with E-state index >= 15 is 0 Å². The summed E-state index contributed by atoms with van der Waals surface area (Å²) in [6.45, 7) is 1.63. The molecule has 4 rings (SSSR count). The molecule has 0 aliphatic heterocycles. The molecule has 0 bridgehead atoms. The molecule has 1 saturated carbocycles. The van der Waals surface area contributed by atoms with Crippen LogP contribution in [0.3, 0.4) is 0 Å². The molecule has 35 heavy (non-hydrogen) atoms. The number of rotatable bonds is 8. The molecule has 1 aliphatic carbocycles. The highest BCUT2D eigenvalue weighted by Gasteiger charge is 2.34. The first-order chi connectivity index (χ1) is 16.9. The van der Waals surface area contributed by atoms with Crippen molar-refractivity contribution in [2.24, 2.45) is 0 Å². The van der Waals surface area contributed by atoms with E-state index in [1.165, 1.54) is 40.5 Å². The van der Waals surface area contributed by atoms with Crippen molar-refractivity contribution in [1.82, 2.24) is 10.6 Å². The minimum absolute atomic E-state index is 0.0548. The molecule has 1 atom stereocenters. The number of aryl methyl sites for hydroxylation is 1. The summed E-state index contributed by atoms with van der Waals surface area (Å²) < 4.78 is 13.7. The van der Waals surface area contributed by atoms with E-state index < -0.39 is 17.8 Å². The fraction of sp³-hybridized carbons (Fsp3) is 0.296. The van der Waals surface area contributed by atoms with Crippen molar-refractivity contribution in [3.8, 4) is 0 Å². The van der Waals surface area contributed by atoms with Gasteiger partial charge in [-0.15, -0.1) is 11.3 Å². The number of hydrogen-bond donors (Lipinski definition) is 2. The van der Waals surface area contributed by atoms with Gasteiger partial charge >= 0.3 is 0 Å². The number of halogens is 1. The number of nitrogens with zero attached hydrogens (tertiary/aromatic N) is 1. The van der Waals surface area contributed by atoms with E-state index in [-0.39, 0.29) is 24.4 Å². The van der Waals surface area contributed by atoms with Crippen LogP contribution in [0.4, 0.5) is 10.1 Å². The minimum Gasteiger partial charge on any atom is -0.351 e. The van der Waals surface area contributed by atoms with Gasteiger partial charge in [-0.1, -0.05) is 48.7 Å². The predicted molar refractivity (Wildman–Crippen MR) is 135 cm³/mol. The molecule has 1 heterocycles. The monoisotopic (exact) mass is 493 g/mol. The van der Waals surface area contributed by atoms with Crippen LogP contribution in [-0.4, -0.2) is 30.3 Å². The summed E-state index contributed by atoms with van der Waals surface area (Å²) in [5.41, 5.74) is 2.02. The van der Waals surface area contributed by atoms with E-state index in [1.54, 1.807) is 17.5 Å². The standard InChI is InChI=1S/C27H28FN3O3S/c1-18-8-10-19(11-9-18)25(27(34)30-21-5-2-3-6-21)31(22-14-12-20(28)13-15-22)24(32)17-29-26(33)23-7-4-16-35-23/h4,7-16,21,25H,2-3,5-6,17H2,1H3,(H,29,33)(H,30,34). The first-order valence-corrected chi connectivity index (χ1v) is 12.6. The van der Waals surface area contributed by atoms with Crippen molar-refractivity contribution >= 4 is 34.7 Å². The lowest BCUT2D eigenvalue weighted by molar-refractivity contribution is -0.126. The van der Waals surface area contributed by atoms with E-state index in [4.69, 9.17) is 0 Å². The van der Waals surface area contributed by atoms with Crippen molar-refractivity contribution < 1.29 is 18.8 Å². The summed E-state index contributed by atoms with van der Waals surface area (Å²) >= 11 is 1.27. The number of carbonyl (C=O) groups excluding carboxylic acids is 3. The SMILES string of the molecule is Cc1ccc(C(C(=O)NC2CCCC2)N(C(=O)CNC(=O)c2cccs2)c2ccc(F)cc2)cc1. The Morgan fingerprint density at radius 1 is 1.03 bits per heavy atom. The van der Waals surface area contributed by atoms with Gasteiger partial charge < -0.3 is 10.6 Å². The van der Waals surface area contributed by atoms with Gasteiger partial charge in [0.25, 0.3) is 5.91 Å².